The molecule has 0 aromatic rings. The van der Waals surface area contributed by atoms with Crippen molar-refractivity contribution in [1.82, 2.24) is 10.2 Å². The summed E-state index contributed by atoms with van der Waals surface area (Å²) in [5.41, 5.74) is 0. The molecule has 0 aromatic carbocycles. The van der Waals surface area contributed by atoms with Crippen LogP contribution in [-0.2, 0) is 0 Å². The van der Waals surface area contributed by atoms with Crippen LogP contribution in [0.2, 0.25) is 0 Å². The molecule has 1 aliphatic carbocycles. The molecular weight excluding hydrogens is 220 g/mol. The lowest BCUT2D eigenvalue weighted by molar-refractivity contribution is 0.110. The van der Waals surface area contributed by atoms with E-state index in [2.05, 4.69) is 31.0 Å². The van der Waals surface area contributed by atoms with Gasteiger partial charge in [0.2, 0.25) is 0 Å². The first-order valence-corrected chi connectivity index (χ1v) is 8.23. The minimum Gasteiger partial charge on any atom is -0.313 e. The summed E-state index contributed by atoms with van der Waals surface area (Å²) in [6, 6.07) is 2.40. The fourth-order valence-electron chi connectivity index (χ4n) is 4.13. The van der Waals surface area contributed by atoms with E-state index in [4.69, 9.17) is 0 Å². The molecule has 2 nitrogen and oxygen atoms in total. The Morgan fingerprint density at radius 2 is 1.83 bits per heavy atom. The molecule has 1 aliphatic heterocycles. The number of likely N-dealkylation sites (tertiary alicyclic amines) is 1. The van der Waals surface area contributed by atoms with Crippen molar-refractivity contribution >= 4 is 0 Å². The molecule has 18 heavy (non-hydrogen) atoms. The molecule has 3 atom stereocenters. The maximum atomic E-state index is 3.77. The first-order valence-electron chi connectivity index (χ1n) is 8.23. The average Bonchev–Trinajstić information content (AvgIpc) is 2.72. The fraction of sp³-hybridized carbons (Fsp3) is 1.00. The van der Waals surface area contributed by atoms with Gasteiger partial charge in [-0.2, -0.15) is 0 Å². The summed E-state index contributed by atoms with van der Waals surface area (Å²) < 4.78 is 0. The fourth-order valence-corrected chi connectivity index (χ4v) is 4.13. The Balaban J connectivity index is 2.06. The van der Waals surface area contributed by atoms with Crippen molar-refractivity contribution in [2.75, 3.05) is 13.1 Å². The Morgan fingerprint density at radius 1 is 1.06 bits per heavy atom. The molecular formula is C16H32N2. The first kappa shape index (κ1) is 14.3. The van der Waals surface area contributed by atoms with Gasteiger partial charge in [-0.3, -0.25) is 4.90 Å². The standard InChI is InChI=1S/C16H32N2/c1-4-17-14-9-6-5-7-10-16(14)18-12-8-11-15(18)13(2)3/h13-17H,4-12H2,1-3H3. The van der Waals surface area contributed by atoms with Crippen molar-refractivity contribution in [3.05, 3.63) is 0 Å². The van der Waals surface area contributed by atoms with Crippen LogP contribution in [0, 0.1) is 5.92 Å². The van der Waals surface area contributed by atoms with Crippen LogP contribution >= 0.6 is 0 Å². The zero-order valence-electron chi connectivity index (χ0n) is 12.6. The third-order valence-electron chi connectivity index (χ3n) is 4.98. The van der Waals surface area contributed by atoms with Crippen molar-refractivity contribution in [3.8, 4) is 0 Å². The van der Waals surface area contributed by atoms with Crippen molar-refractivity contribution < 1.29 is 0 Å². The summed E-state index contributed by atoms with van der Waals surface area (Å²) in [5.74, 6) is 0.818. The summed E-state index contributed by atoms with van der Waals surface area (Å²) in [6.07, 6.45) is 9.95. The van der Waals surface area contributed by atoms with Gasteiger partial charge in [0.05, 0.1) is 0 Å². The molecule has 2 fully saturated rings. The Bertz CT molecular complexity index is 239. The number of likely N-dealkylation sites (N-methyl/N-ethyl adjacent to an activating group) is 1. The van der Waals surface area contributed by atoms with Crippen molar-refractivity contribution in [3.63, 3.8) is 0 Å². The van der Waals surface area contributed by atoms with E-state index in [1.807, 2.05) is 0 Å². The van der Waals surface area contributed by atoms with E-state index in [0.29, 0.717) is 0 Å². The summed E-state index contributed by atoms with van der Waals surface area (Å²) in [7, 11) is 0. The number of hydrogen-bond donors (Lipinski definition) is 1. The maximum absolute atomic E-state index is 3.77. The molecule has 1 saturated carbocycles. The van der Waals surface area contributed by atoms with Gasteiger partial charge in [0, 0.05) is 18.1 Å². The Kier molecular flexibility index (Phi) is 5.50. The molecule has 0 radical (unpaired) electrons. The van der Waals surface area contributed by atoms with Gasteiger partial charge in [-0.25, -0.2) is 0 Å². The van der Waals surface area contributed by atoms with Crippen molar-refractivity contribution in [2.45, 2.75) is 83.8 Å². The highest BCUT2D eigenvalue weighted by Gasteiger charge is 2.36. The number of hydrogen-bond acceptors (Lipinski definition) is 2. The van der Waals surface area contributed by atoms with Crippen LogP contribution in [0.3, 0.4) is 0 Å². The molecule has 3 unspecified atom stereocenters. The third-order valence-corrected chi connectivity index (χ3v) is 4.98. The van der Waals surface area contributed by atoms with E-state index >= 15 is 0 Å². The molecule has 2 aliphatic rings. The maximum Gasteiger partial charge on any atom is 0.0252 e. The van der Waals surface area contributed by atoms with Crippen LogP contribution in [0.5, 0.6) is 0 Å². The lowest BCUT2D eigenvalue weighted by atomic mass is 9.96. The minimum atomic E-state index is 0.747. The SMILES string of the molecule is CCNC1CCCCCC1N1CCCC1C(C)C. The van der Waals surface area contributed by atoms with Crippen LogP contribution in [0.15, 0.2) is 0 Å². The summed E-state index contributed by atoms with van der Waals surface area (Å²) in [5, 5.41) is 3.77. The van der Waals surface area contributed by atoms with Crippen LogP contribution in [0.4, 0.5) is 0 Å². The van der Waals surface area contributed by atoms with Gasteiger partial charge < -0.3 is 5.32 Å². The molecule has 1 N–H and O–H groups in total. The first-order chi connectivity index (χ1) is 8.74. The normalized spacial score (nSPS) is 35.0. The van der Waals surface area contributed by atoms with E-state index in [-0.39, 0.29) is 0 Å². The molecule has 2 rings (SSSR count). The topological polar surface area (TPSA) is 15.3 Å². The Labute approximate surface area is 114 Å². The van der Waals surface area contributed by atoms with Crippen molar-refractivity contribution in [1.29, 1.82) is 0 Å². The highest BCUT2D eigenvalue weighted by atomic mass is 15.2. The number of nitrogens with zero attached hydrogens (tertiary/aromatic N) is 1. The second kappa shape index (κ2) is 6.91. The molecule has 0 aromatic heterocycles. The molecule has 0 amide bonds. The zero-order chi connectivity index (χ0) is 13.0. The van der Waals surface area contributed by atoms with Gasteiger partial charge in [0.1, 0.15) is 0 Å². The Hall–Kier alpha value is -0.0800. The molecule has 2 heteroatoms. The van der Waals surface area contributed by atoms with E-state index < -0.39 is 0 Å². The van der Waals surface area contributed by atoms with Crippen molar-refractivity contribution in [2.24, 2.45) is 5.92 Å². The minimum absolute atomic E-state index is 0.747. The van der Waals surface area contributed by atoms with Crippen LogP contribution < -0.4 is 5.32 Å². The second-order valence-electron chi connectivity index (χ2n) is 6.56. The molecule has 1 saturated heterocycles. The number of nitrogens with one attached hydrogen (secondary N) is 1. The van der Waals surface area contributed by atoms with Crippen LogP contribution in [0.1, 0.15) is 65.7 Å². The van der Waals surface area contributed by atoms with E-state index in [9.17, 15) is 0 Å². The summed E-state index contributed by atoms with van der Waals surface area (Å²) in [6.45, 7) is 9.53. The quantitative estimate of drug-likeness (QED) is 0.771. The molecule has 0 bridgehead atoms. The van der Waals surface area contributed by atoms with Gasteiger partial charge in [-0.05, 0) is 44.7 Å². The number of rotatable bonds is 4. The summed E-state index contributed by atoms with van der Waals surface area (Å²) in [4.78, 5) is 2.86. The largest absolute Gasteiger partial charge is 0.313 e. The average molecular weight is 252 g/mol. The van der Waals surface area contributed by atoms with Gasteiger partial charge in [0.15, 0.2) is 0 Å². The molecule has 106 valence electrons. The van der Waals surface area contributed by atoms with E-state index in [1.54, 1.807) is 0 Å². The Morgan fingerprint density at radius 3 is 2.56 bits per heavy atom. The molecule has 1 heterocycles. The smallest absolute Gasteiger partial charge is 0.0252 e. The zero-order valence-corrected chi connectivity index (χ0v) is 12.6. The summed E-state index contributed by atoms with van der Waals surface area (Å²) >= 11 is 0. The van der Waals surface area contributed by atoms with Gasteiger partial charge in [0.25, 0.3) is 0 Å². The second-order valence-corrected chi connectivity index (χ2v) is 6.56. The highest BCUT2D eigenvalue weighted by Crippen LogP contribution is 2.31. The lowest BCUT2D eigenvalue weighted by Crippen LogP contribution is -2.52. The van der Waals surface area contributed by atoms with Crippen LogP contribution in [-0.4, -0.2) is 36.1 Å². The third kappa shape index (κ3) is 3.27. The van der Waals surface area contributed by atoms with Crippen LogP contribution in [0.25, 0.3) is 0 Å². The monoisotopic (exact) mass is 252 g/mol. The highest BCUT2D eigenvalue weighted by molar-refractivity contribution is 4.93. The van der Waals surface area contributed by atoms with Gasteiger partial charge in [-0.1, -0.05) is 40.0 Å². The van der Waals surface area contributed by atoms with Gasteiger partial charge >= 0.3 is 0 Å². The van der Waals surface area contributed by atoms with E-state index in [0.717, 1.165) is 30.6 Å². The van der Waals surface area contributed by atoms with Gasteiger partial charge in [-0.15, -0.1) is 0 Å². The predicted octanol–water partition coefficient (Wildman–Crippen LogP) is 3.42. The molecule has 0 spiro atoms. The predicted molar refractivity (Wildman–Crippen MR) is 78.9 cm³/mol. The van der Waals surface area contributed by atoms with E-state index in [1.165, 1.54) is 51.5 Å². The lowest BCUT2D eigenvalue weighted by Gasteiger charge is -2.39.